The van der Waals surface area contributed by atoms with Crippen molar-refractivity contribution in [2.75, 3.05) is 56.0 Å². The number of hydrogen-bond donors (Lipinski definition) is 3. The SMILES string of the molecule is CC1(C)CCC(CN2CCN(c3ccc(C(=O)NS(=O)(=O)c4ccc(NC5CC6(C5)CN(C(=O)OC(C)(C)C)C6)c([N+](=O)[O-])c4)c(Oc4cnc5[nH]ccc5c4)c3)CC2)=C(c2ccc(Cl)cc2)C1. The topological polar surface area (TPSA) is 192 Å². The van der Waals surface area contributed by atoms with Crippen LogP contribution in [0, 0.1) is 20.9 Å². The van der Waals surface area contributed by atoms with Crippen molar-refractivity contribution in [2.45, 2.75) is 83.3 Å². The molecule has 0 unspecified atom stereocenters. The van der Waals surface area contributed by atoms with E-state index < -0.39 is 37.0 Å². The number of nitro groups is 1. The lowest BCUT2D eigenvalue weighted by molar-refractivity contribution is -0.384. The minimum atomic E-state index is -4.61. The molecule has 5 aromatic rings. The van der Waals surface area contributed by atoms with Crippen molar-refractivity contribution >= 4 is 67.3 Å². The number of sulfonamides is 1. The zero-order chi connectivity index (χ0) is 48.2. The van der Waals surface area contributed by atoms with Gasteiger partial charge in [0.05, 0.1) is 21.6 Å². The molecule has 2 amide bonds. The third kappa shape index (κ3) is 10.3. The number of allylic oxidation sites excluding steroid dienone is 1. The lowest BCUT2D eigenvalue weighted by Crippen LogP contribution is -2.66. The second-order valence-electron chi connectivity index (χ2n) is 20.5. The number of aromatic amines is 1. The van der Waals surface area contributed by atoms with Gasteiger partial charge in [-0.1, -0.05) is 43.2 Å². The predicted molar refractivity (Wildman–Crippen MR) is 262 cm³/mol. The molecule has 2 aromatic heterocycles. The first-order valence-corrected chi connectivity index (χ1v) is 24.9. The number of amides is 2. The van der Waals surface area contributed by atoms with Gasteiger partial charge in [0.2, 0.25) is 0 Å². The van der Waals surface area contributed by atoms with Crippen molar-refractivity contribution in [2.24, 2.45) is 10.8 Å². The van der Waals surface area contributed by atoms with Crippen LogP contribution in [0.2, 0.25) is 5.02 Å². The summed E-state index contributed by atoms with van der Waals surface area (Å²) >= 11 is 6.25. The summed E-state index contributed by atoms with van der Waals surface area (Å²) in [5.74, 6) is -0.524. The van der Waals surface area contributed by atoms with Gasteiger partial charge in [0.25, 0.3) is 21.6 Å². The standard InChI is InChI=1S/C50H57ClN8O8S/c1-48(2,3)67-47(61)58-30-50(31-58)25-36(26-50)54-42-13-11-39(24-43(42)59(62)63)68(64,65)55-46(60)40-12-10-37(23-44(40)66-38-22-33-15-17-52-45(33)53-28-38)57-20-18-56(19-21-57)29-34-14-16-49(4,5)27-41(34)32-6-8-35(51)9-7-32/h6-13,15,17,22-24,28,36,54H,14,16,18-21,25-27,29-31H2,1-5H3,(H,52,53)(H,55,60). The van der Waals surface area contributed by atoms with Gasteiger partial charge in [0.1, 0.15) is 28.4 Å². The number of carbonyl (C=O) groups excluding carboxylic acids is 2. The first-order valence-electron chi connectivity index (χ1n) is 23.0. The van der Waals surface area contributed by atoms with Crippen LogP contribution in [0.4, 0.5) is 21.9 Å². The summed E-state index contributed by atoms with van der Waals surface area (Å²) in [5, 5.41) is 17.0. The summed E-state index contributed by atoms with van der Waals surface area (Å²) < 4.78 is 41.6. The molecule has 16 nitrogen and oxygen atoms in total. The Labute approximate surface area is 401 Å². The van der Waals surface area contributed by atoms with E-state index in [1.165, 1.54) is 41.1 Å². The van der Waals surface area contributed by atoms with Gasteiger partial charge < -0.3 is 29.6 Å². The number of carbonyl (C=O) groups is 2. The van der Waals surface area contributed by atoms with Crippen LogP contribution in [-0.4, -0.2) is 103 Å². The summed E-state index contributed by atoms with van der Waals surface area (Å²) in [6, 6.07) is 20.2. The molecule has 3 aromatic carbocycles. The number of hydrogen-bond acceptors (Lipinski definition) is 12. The molecule has 1 spiro atoms. The van der Waals surface area contributed by atoms with Crippen molar-refractivity contribution in [1.82, 2.24) is 24.5 Å². The fourth-order valence-corrected chi connectivity index (χ4v) is 11.1. The highest BCUT2D eigenvalue weighted by atomic mass is 35.5. The summed E-state index contributed by atoms with van der Waals surface area (Å²) in [4.78, 5) is 51.5. The highest BCUT2D eigenvalue weighted by Gasteiger charge is 2.54. The van der Waals surface area contributed by atoms with Gasteiger partial charge in [0, 0.05) is 91.7 Å². The molecule has 2 aliphatic carbocycles. The van der Waals surface area contributed by atoms with E-state index in [0.717, 1.165) is 61.1 Å². The Balaban J connectivity index is 0.889. The minimum absolute atomic E-state index is 0.0556. The van der Waals surface area contributed by atoms with Crippen LogP contribution >= 0.6 is 11.6 Å². The fraction of sp³-hybridized carbons (Fsp3) is 0.420. The molecule has 2 saturated heterocycles. The number of halogens is 1. The molecule has 358 valence electrons. The summed E-state index contributed by atoms with van der Waals surface area (Å²) in [5.41, 5.74) is 4.70. The van der Waals surface area contributed by atoms with Crippen LogP contribution in [-0.2, 0) is 14.8 Å². The maximum Gasteiger partial charge on any atom is 0.410 e. The molecule has 0 radical (unpaired) electrons. The van der Waals surface area contributed by atoms with Crippen molar-refractivity contribution in [3.8, 4) is 11.5 Å². The van der Waals surface area contributed by atoms with Crippen molar-refractivity contribution in [3.63, 3.8) is 0 Å². The third-order valence-electron chi connectivity index (χ3n) is 13.5. The molecular weight excluding hydrogens is 908 g/mol. The Morgan fingerprint density at radius 2 is 1.72 bits per heavy atom. The van der Waals surface area contributed by atoms with Crippen molar-refractivity contribution in [1.29, 1.82) is 0 Å². The van der Waals surface area contributed by atoms with Gasteiger partial charge in [0.15, 0.2) is 0 Å². The zero-order valence-electron chi connectivity index (χ0n) is 38.9. The van der Waals surface area contributed by atoms with Gasteiger partial charge in [-0.05, 0) is 118 Å². The molecule has 4 aliphatic rings. The predicted octanol–water partition coefficient (Wildman–Crippen LogP) is 9.63. The summed E-state index contributed by atoms with van der Waals surface area (Å²) in [6.45, 7) is 15.1. The normalized spacial score (nSPS) is 18.5. The van der Waals surface area contributed by atoms with Gasteiger partial charge >= 0.3 is 6.09 Å². The Morgan fingerprint density at radius 1 is 0.985 bits per heavy atom. The van der Waals surface area contributed by atoms with E-state index in [-0.39, 0.29) is 40.0 Å². The number of rotatable bonds is 12. The van der Waals surface area contributed by atoms with E-state index in [0.29, 0.717) is 50.4 Å². The lowest BCUT2D eigenvalue weighted by atomic mass is 9.60. The zero-order valence-corrected chi connectivity index (χ0v) is 40.5. The maximum absolute atomic E-state index is 14.0. The second-order valence-corrected chi connectivity index (χ2v) is 22.6. The first kappa shape index (κ1) is 46.9. The average Bonchev–Trinajstić information content (AvgIpc) is 3.72. The van der Waals surface area contributed by atoms with Gasteiger partial charge in [-0.2, -0.15) is 0 Å². The number of benzene rings is 3. The molecule has 1 saturated carbocycles. The Morgan fingerprint density at radius 3 is 2.43 bits per heavy atom. The van der Waals surface area contributed by atoms with E-state index >= 15 is 0 Å². The molecule has 0 bridgehead atoms. The molecule has 3 N–H and O–H groups in total. The summed E-state index contributed by atoms with van der Waals surface area (Å²) in [6.07, 6.45) is 7.43. The molecule has 2 aliphatic heterocycles. The van der Waals surface area contributed by atoms with Crippen LogP contribution in [0.25, 0.3) is 16.6 Å². The number of aromatic nitrogens is 2. The van der Waals surface area contributed by atoms with Crippen LogP contribution < -0.4 is 19.7 Å². The minimum Gasteiger partial charge on any atom is -0.455 e. The van der Waals surface area contributed by atoms with Crippen LogP contribution in [0.3, 0.4) is 0 Å². The number of anilines is 2. The van der Waals surface area contributed by atoms with Gasteiger partial charge in [-0.25, -0.2) is 22.9 Å². The third-order valence-corrected chi connectivity index (χ3v) is 15.0. The maximum atomic E-state index is 14.0. The van der Waals surface area contributed by atoms with Crippen LogP contribution in [0.5, 0.6) is 11.5 Å². The molecule has 0 atom stereocenters. The Kier molecular flexibility index (Phi) is 12.5. The monoisotopic (exact) mass is 964 g/mol. The number of H-pyrrole nitrogens is 1. The number of nitro benzene ring substituents is 1. The Hall–Kier alpha value is -6.17. The highest BCUT2D eigenvalue weighted by molar-refractivity contribution is 7.90. The van der Waals surface area contributed by atoms with E-state index in [9.17, 15) is 28.1 Å². The van der Waals surface area contributed by atoms with Crippen molar-refractivity contribution < 1.29 is 32.4 Å². The van der Waals surface area contributed by atoms with Gasteiger partial charge in [-0.3, -0.25) is 19.8 Å². The fourth-order valence-electron chi connectivity index (χ4n) is 9.95. The lowest BCUT2D eigenvalue weighted by Gasteiger charge is -2.58. The van der Waals surface area contributed by atoms with Gasteiger partial charge in [-0.15, -0.1) is 0 Å². The number of likely N-dealkylation sites (tertiary alicyclic amines) is 1. The van der Waals surface area contributed by atoms with E-state index in [1.807, 2.05) is 39.0 Å². The first-order chi connectivity index (χ1) is 32.2. The second kappa shape index (κ2) is 18.1. The quantitative estimate of drug-likeness (QED) is 0.0794. The molecule has 3 fully saturated rings. The highest BCUT2D eigenvalue weighted by Crippen LogP contribution is 2.50. The van der Waals surface area contributed by atoms with E-state index in [2.05, 4.69) is 55.8 Å². The number of nitrogens with zero attached hydrogens (tertiary/aromatic N) is 5. The molecule has 68 heavy (non-hydrogen) atoms. The molecule has 18 heteroatoms. The number of nitrogens with one attached hydrogen (secondary N) is 3. The molecular formula is C50H57ClN8O8S. The van der Waals surface area contributed by atoms with Crippen molar-refractivity contribution in [3.05, 3.63) is 117 Å². The van der Waals surface area contributed by atoms with E-state index in [1.54, 1.807) is 29.3 Å². The number of ether oxygens (including phenoxy) is 2. The average molecular weight is 966 g/mol. The number of pyridine rings is 1. The van der Waals surface area contributed by atoms with Crippen LogP contribution in [0.15, 0.2) is 95.7 Å². The largest absolute Gasteiger partial charge is 0.455 e. The van der Waals surface area contributed by atoms with Crippen LogP contribution in [0.1, 0.15) is 82.6 Å². The summed E-state index contributed by atoms with van der Waals surface area (Å²) in [7, 11) is -4.61. The molecule has 9 rings (SSSR count). The van der Waals surface area contributed by atoms with E-state index in [4.69, 9.17) is 21.1 Å². The number of piperazine rings is 1. The number of fused-ring (bicyclic) bond motifs is 1. The molecule has 4 heterocycles. The smallest absolute Gasteiger partial charge is 0.410 e. The Bertz CT molecular complexity index is 2910.